The second kappa shape index (κ2) is 4.42. The fraction of sp³-hybridized carbons (Fsp3) is 0.267. The Morgan fingerprint density at radius 2 is 2.00 bits per heavy atom. The molecule has 3 nitrogen and oxygen atoms in total. The standard InChI is InChI=1S/C15H16N2O/c16-15(10-13-6-3-4-8-17-13)9-12-5-1-2-7-14(12)18-11-15/h1-8H,9-11,16H2. The monoisotopic (exact) mass is 240 g/mol. The third-order valence-corrected chi connectivity index (χ3v) is 3.29. The van der Waals surface area contributed by atoms with Crippen molar-refractivity contribution in [3.63, 3.8) is 0 Å². The third-order valence-electron chi connectivity index (χ3n) is 3.29. The molecule has 2 heterocycles. The van der Waals surface area contributed by atoms with Gasteiger partial charge in [-0.05, 0) is 30.2 Å². The molecule has 18 heavy (non-hydrogen) atoms. The molecule has 2 N–H and O–H groups in total. The number of nitrogens with two attached hydrogens (primary N) is 1. The van der Waals surface area contributed by atoms with Crippen molar-refractivity contribution in [2.75, 3.05) is 6.61 Å². The molecule has 1 aliphatic rings. The maximum atomic E-state index is 6.44. The Labute approximate surface area is 107 Å². The van der Waals surface area contributed by atoms with Crippen LogP contribution in [0.3, 0.4) is 0 Å². The molecule has 1 aromatic heterocycles. The molecule has 2 aromatic rings. The van der Waals surface area contributed by atoms with Crippen molar-refractivity contribution in [2.24, 2.45) is 5.73 Å². The molecule has 1 atom stereocenters. The van der Waals surface area contributed by atoms with Crippen LogP contribution < -0.4 is 10.5 Å². The van der Waals surface area contributed by atoms with Gasteiger partial charge < -0.3 is 10.5 Å². The van der Waals surface area contributed by atoms with Crippen molar-refractivity contribution < 1.29 is 4.74 Å². The van der Waals surface area contributed by atoms with E-state index in [2.05, 4.69) is 11.1 Å². The molecular formula is C15H16N2O. The highest BCUT2D eigenvalue weighted by Gasteiger charge is 2.32. The molecule has 0 saturated carbocycles. The lowest BCUT2D eigenvalue weighted by atomic mass is 9.86. The van der Waals surface area contributed by atoms with Crippen LogP contribution in [0.4, 0.5) is 0 Å². The van der Waals surface area contributed by atoms with E-state index < -0.39 is 0 Å². The van der Waals surface area contributed by atoms with Crippen molar-refractivity contribution in [3.05, 3.63) is 59.9 Å². The van der Waals surface area contributed by atoms with Crippen LogP contribution in [0.25, 0.3) is 0 Å². The van der Waals surface area contributed by atoms with Gasteiger partial charge in [-0.1, -0.05) is 24.3 Å². The first-order chi connectivity index (χ1) is 8.75. The fourth-order valence-corrected chi connectivity index (χ4v) is 2.42. The predicted octanol–water partition coefficient (Wildman–Crippen LogP) is 1.96. The summed E-state index contributed by atoms with van der Waals surface area (Å²) in [6.45, 7) is 0.542. The molecular weight excluding hydrogens is 224 g/mol. The Balaban J connectivity index is 1.82. The zero-order chi connectivity index (χ0) is 12.4. The summed E-state index contributed by atoms with van der Waals surface area (Å²) in [6, 6.07) is 14.0. The van der Waals surface area contributed by atoms with Crippen LogP contribution >= 0.6 is 0 Å². The summed E-state index contributed by atoms with van der Waals surface area (Å²) in [5.74, 6) is 0.958. The van der Waals surface area contributed by atoms with Gasteiger partial charge in [0, 0.05) is 18.3 Å². The van der Waals surface area contributed by atoms with Gasteiger partial charge >= 0.3 is 0 Å². The largest absolute Gasteiger partial charge is 0.491 e. The lowest BCUT2D eigenvalue weighted by molar-refractivity contribution is 0.189. The molecule has 0 bridgehead atoms. The van der Waals surface area contributed by atoms with Gasteiger partial charge in [-0.25, -0.2) is 0 Å². The lowest BCUT2D eigenvalue weighted by Crippen LogP contribution is -2.51. The van der Waals surface area contributed by atoms with Crippen molar-refractivity contribution >= 4 is 0 Å². The number of fused-ring (bicyclic) bond motifs is 1. The molecule has 0 spiro atoms. The molecule has 3 heteroatoms. The molecule has 0 saturated heterocycles. The number of aromatic nitrogens is 1. The minimum atomic E-state index is -0.358. The maximum absolute atomic E-state index is 6.44. The highest BCUT2D eigenvalue weighted by molar-refractivity contribution is 5.37. The third kappa shape index (κ3) is 2.22. The number of rotatable bonds is 2. The van der Waals surface area contributed by atoms with E-state index in [-0.39, 0.29) is 5.54 Å². The minimum Gasteiger partial charge on any atom is -0.491 e. The Bertz CT molecular complexity index is 541. The Kier molecular flexibility index (Phi) is 2.76. The predicted molar refractivity (Wildman–Crippen MR) is 70.5 cm³/mol. The van der Waals surface area contributed by atoms with Gasteiger partial charge in [0.25, 0.3) is 0 Å². The van der Waals surface area contributed by atoms with Gasteiger partial charge in [-0.2, -0.15) is 0 Å². The summed E-state index contributed by atoms with van der Waals surface area (Å²) in [5, 5.41) is 0. The SMILES string of the molecule is NC1(Cc2ccccn2)COc2ccccc2C1. The zero-order valence-electron chi connectivity index (χ0n) is 10.2. The van der Waals surface area contributed by atoms with E-state index in [1.54, 1.807) is 6.20 Å². The van der Waals surface area contributed by atoms with E-state index in [9.17, 15) is 0 Å². The second-order valence-electron chi connectivity index (χ2n) is 4.93. The number of benzene rings is 1. The summed E-state index contributed by atoms with van der Waals surface area (Å²) < 4.78 is 5.76. The van der Waals surface area contributed by atoms with Crippen molar-refractivity contribution in [3.8, 4) is 5.75 Å². The van der Waals surface area contributed by atoms with Crippen LogP contribution in [-0.4, -0.2) is 17.1 Å². The molecule has 1 unspecified atom stereocenters. The number of hydrogen-bond acceptors (Lipinski definition) is 3. The smallest absolute Gasteiger partial charge is 0.122 e. The minimum absolute atomic E-state index is 0.358. The highest BCUT2D eigenvalue weighted by atomic mass is 16.5. The second-order valence-corrected chi connectivity index (χ2v) is 4.93. The summed E-state index contributed by atoms with van der Waals surface area (Å²) in [7, 11) is 0. The first-order valence-electron chi connectivity index (χ1n) is 6.15. The Hall–Kier alpha value is -1.87. The van der Waals surface area contributed by atoms with Gasteiger partial charge in [0.15, 0.2) is 0 Å². The average Bonchev–Trinajstić information content (AvgIpc) is 2.39. The molecule has 0 amide bonds. The molecule has 3 rings (SSSR count). The molecule has 92 valence electrons. The molecule has 1 aliphatic heterocycles. The zero-order valence-corrected chi connectivity index (χ0v) is 10.2. The van der Waals surface area contributed by atoms with Crippen LogP contribution in [0.2, 0.25) is 0 Å². The van der Waals surface area contributed by atoms with E-state index in [0.29, 0.717) is 6.61 Å². The summed E-state index contributed by atoms with van der Waals surface area (Å²) >= 11 is 0. The topological polar surface area (TPSA) is 48.1 Å². The molecule has 0 fully saturated rings. The first-order valence-corrected chi connectivity index (χ1v) is 6.15. The van der Waals surface area contributed by atoms with Crippen LogP contribution in [0.15, 0.2) is 48.7 Å². The van der Waals surface area contributed by atoms with Crippen LogP contribution in [0.5, 0.6) is 5.75 Å². The van der Waals surface area contributed by atoms with Crippen LogP contribution in [0, 0.1) is 0 Å². The van der Waals surface area contributed by atoms with E-state index in [1.165, 1.54) is 5.56 Å². The fourth-order valence-electron chi connectivity index (χ4n) is 2.42. The normalized spacial score (nSPS) is 22.1. The summed E-state index contributed by atoms with van der Waals surface area (Å²) in [5.41, 5.74) is 8.28. The van der Waals surface area contributed by atoms with Crippen molar-refractivity contribution in [2.45, 2.75) is 18.4 Å². The van der Waals surface area contributed by atoms with Gasteiger partial charge in [0.1, 0.15) is 12.4 Å². The number of hydrogen-bond donors (Lipinski definition) is 1. The molecule has 0 radical (unpaired) electrons. The first kappa shape index (κ1) is 11.2. The van der Waals surface area contributed by atoms with E-state index in [1.807, 2.05) is 36.4 Å². The Morgan fingerprint density at radius 1 is 1.17 bits per heavy atom. The molecule has 1 aromatic carbocycles. The van der Waals surface area contributed by atoms with E-state index >= 15 is 0 Å². The van der Waals surface area contributed by atoms with Gasteiger partial charge in [0.2, 0.25) is 0 Å². The number of pyridine rings is 1. The van der Waals surface area contributed by atoms with Gasteiger partial charge in [-0.15, -0.1) is 0 Å². The summed E-state index contributed by atoms with van der Waals surface area (Å²) in [4.78, 5) is 4.34. The lowest BCUT2D eigenvalue weighted by Gasteiger charge is -2.34. The number of para-hydroxylation sites is 1. The van der Waals surface area contributed by atoms with Crippen LogP contribution in [-0.2, 0) is 12.8 Å². The average molecular weight is 240 g/mol. The summed E-state index contributed by atoms with van der Waals surface area (Å²) in [6.07, 6.45) is 3.37. The molecule has 0 aliphatic carbocycles. The van der Waals surface area contributed by atoms with Crippen molar-refractivity contribution in [1.29, 1.82) is 0 Å². The van der Waals surface area contributed by atoms with Gasteiger partial charge in [-0.3, -0.25) is 4.98 Å². The van der Waals surface area contributed by atoms with E-state index in [4.69, 9.17) is 10.5 Å². The maximum Gasteiger partial charge on any atom is 0.122 e. The van der Waals surface area contributed by atoms with Gasteiger partial charge in [0.05, 0.1) is 5.54 Å². The number of nitrogens with zero attached hydrogens (tertiary/aromatic N) is 1. The quantitative estimate of drug-likeness (QED) is 0.873. The van der Waals surface area contributed by atoms with Crippen molar-refractivity contribution in [1.82, 2.24) is 4.98 Å². The Morgan fingerprint density at radius 3 is 2.83 bits per heavy atom. The van der Waals surface area contributed by atoms with Crippen LogP contribution in [0.1, 0.15) is 11.3 Å². The van der Waals surface area contributed by atoms with E-state index in [0.717, 1.165) is 24.3 Å². The highest BCUT2D eigenvalue weighted by Crippen LogP contribution is 2.29. The number of ether oxygens (including phenoxy) is 1.